The van der Waals surface area contributed by atoms with E-state index in [-0.39, 0.29) is 30.4 Å². The van der Waals surface area contributed by atoms with Crippen molar-refractivity contribution in [2.24, 2.45) is 36.1 Å². The highest BCUT2D eigenvalue weighted by Gasteiger charge is 2.68. The zero-order valence-corrected chi connectivity index (χ0v) is 33.7. The molecule has 1 saturated carbocycles. The van der Waals surface area contributed by atoms with Crippen molar-refractivity contribution >= 4 is 90.5 Å². The van der Waals surface area contributed by atoms with Gasteiger partial charge in [0.05, 0.1) is 33.7 Å². The molecule has 2 aliphatic carbocycles. The predicted molar refractivity (Wildman–Crippen MR) is 223 cm³/mol. The minimum Gasteiger partial charge on any atom is -0.508 e. The maximum Gasteiger partial charge on any atom is 0.242 e. The predicted octanol–water partition coefficient (Wildman–Crippen LogP) is 9.52. The highest BCUT2D eigenvalue weighted by molar-refractivity contribution is 7.22. The van der Waals surface area contributed by atoms with Crippen LogP contribution in [-0.4, -0.2) is 38.5 Å². The number of allylic oxidation sites excluding steroid dienone is 2. The number of rotatable bonds is 4. The fourth-order valence-electron chi connectivity index (χ4n) is 10.3. The molecule has 2 aromatic heterocycles. The zero-order valence-electron chi connectivity index (χ0n) is 31.4. The number of aryl methyl sites for hydroxylation is 3. The molecule has 0 bridgehead atoms. The molecule has 3 fully saturated rings. The molecule has 4 aromatic carbocycles. The number of thiophene rings is 1. The molecule has 2 saturated heterocycles. The highest BCUT2D eigenvalue weighted by Crippen LogP contribution is 2.65. The summed E-state index contributed by atoms with van der Waals surface area (Å²) in [5.41, 5.74) is 2.81. The maximum atomic E-state index is 15.4. The number of aromatic hydroxyl groups is 1. The summed E-state index contributed by atoms with van der Waals surface area (Å²) in [5, 5.41) is 20.3. The minimum atomic E-state index is -1.36. The van der Waals surface area contributed by atoms with Crippen molar-refractivity contribution in [2.75, 3.05) is 9.80 Å². The summed E-state index contributed by atoms with van der Waals surface area (Å²) in [6.07, 6.45) is 2.45. The van der Waals surface area contributed by atoms with Crippen molar-refractivity contribution in [1.82, 2.24) is 9.78 Å². The molecule has 6 aromatic rings. The number of carbonyl (C=O) groups excluding carboxylic acids is 4. The van der Waals surface area contributed by atoms with Crippen LogP contribution in [0.25, 0.3) is 31.4 Å². The summed E-state index contributed by atoms with van der Waals surface area (Å²) in [7, 11) is 1.72. The van der Waals surface area contributed by atoms with Crippen molar-refractivity contribution in [1.29, 1.82) is 0 Å². The van der Waals surface area contributed by atoms with Crippen molar-refractivity contribution < 1.29 is 24.3 Å². The second-order valence-corrected chi connectivity index (χ2v) is 17.9. The average molecular weight is 816 g/mol. The molecule has 4 amide bonds. The molecule has 0 spiro atoms. The molecule has 286 valence electrons. The number of benzene rings is 4. The van der Waals surface area contributed by atoms with E-state index in [1.807, 2.05) is 75.4 Å². The monoisotopic (exact) mass is 814 g/mol. The number of phenols is 1. The van der Waals surface area contributed by atoms with Gasteiger partial charge in [-0.1, -0.05) is 71.2 Å². The van der Waals surface area contributed by atoms with Gasteiger partial charge in [0.1, 0.15) is 17.3 Å². The highest BCUT2D eigenvalue weighted by atomic mass is 35.5. The number of amides is 4. The third-order valence-electron chi connectivity index (χ3n) is 13.1. The molecular weight excluding hydrogens is 779 g/mol. The molecule has 12 heteroatoms. The van der Waals surface area contributed by atoms with Crippen molar-refractivity contribution in [3.8, 4) is 16.3 Å². The molecule has 9 nitrogen and oxygen atoms in total. The molecular formula is C45H36Cl2N4O5S. The van der Waals surface area contributed by atoms with E-state index in [1.54, 1.807) is 53.4 Å². The van der Waals surface area contributed by atoms with Crippen LogP contribution in [0.2, 0.25) is 10.0 Å². The van der Waals surface area contributed by atoms with Gasteiger partial charge in [0.25, 0.3) is 0 Å². The van der Waals surface area contributed by atoms with Gasteiger partial charge in [0.2, 0.25) is 23.6 Å². The summed E-state index contributed by atoms with van der Waals surface area (Å²) in [4.78, 5) is 62.6. The van der Waals surface area contributed by atoms with Crippen molar-refractivity contribution in [3.63, 3.8) is 0 Å². The second kappa shape index (κ2) is 12.6. The molecule has 2 aliphatic heterocycles. The van der Waals surface area contributed by atoms with Crippen LogP contribution in [0.3, 0.4) is 0 Å². The van der Waals surface area contributed by atoms with Crippen molar-refractivity contribution in [3.05, 3.63) is 117 Å². The van der Waals surface area contributed by atoms with Gasteiger partial charge in [0.15, 0.2) is 0 Å². The quantitative estimate of drug-likeness (QED) is 0.140. The lowest BCUT2D eigenvalue weighted by Crippen LogP contribution is -2.49. The van der Waals surface area contributed by atoms with E-state index in [9.17, 15) is 14.7 Å². The third kappa shape index (κ3) is 4.96. The van der Waals surface area contributed by atoms with E-state index in [1.165, 1.54) is 9.80 Å². The number of fused-ring (bicyclic) bond motifs is 6. The topological polar surface area (TPSA) is 113 Å². The van der Waals surface area contributed by atoms with Gasteiger partial charge >= 0.3 is 0 Å². The van der Waals surface area contributed by atoms with Crippen LogP contribution in [0.5, 0.6) is 5.75 Å². The first-order valence-corrected chi connectivity index (χ1v) is 20.5. The second-order valence-electron chi connectivity index (χ2n) is 16.0. The number of phenolic OH excluding ortho intramolecular Hbond substituents is 1. The van der Waals surface area contributed by atoms with Gasteiger partial charge < -0.3 is 5.11 Å². The van der Waals surface area contributed by atoms with E-state index in [0.717, 1.165) is 42.4 Å². The Morgan fingerprint density at radius 3 is 2.44 bits per heavy atom. The summed E-state index contributed by atoms with van der Waals surface area (Å²) in [6, 6.07) is 23.8. The number of aromatic nitrogens is 2. The number of hydrogen-bond acceptors (Lipinski definition) is 7. The molecule has 1 N–H and O–H groups in total. The molecule has 6 atom stereocenters. The lowest BCUT2D eigenvalue weighted by atomic mass is 9.51. The van der Waals surface area contributed by atoms with Crippen LogP contribution in [0.15, 0.2) is 90.5 Å². The fraction of sp³-hybridized carbons (Fsp3) is 0.267. The van der Waals surface area contributed by atoms with E-state index in [0.29, 0.717) is 32.8 Å². The van der Waals surface area contributed by atoms with Crippen molar-refractivity contribution in [2.45, 2.75) is 39.5 Å². The number of nitrogens with zero attached hydrogens (tertiary/aromatic N) is 4. The van der Waals surface area contributed by atoms with E-state index in [2.05, 4.69) is 0 Å². The van der Waals surface area contributed by atoms with Gasteiger partial charge in [-0.2, -0.15) is 5.10 Å². The summed E-state index contributed by atoms with van der Waals surface area (Å²) < 4.78 is 2.61. The van der Waals surface area contributed by atoms with Crippen LogP contribution in [0.4, 0.5) is 11.5 Å². The third-order valence-corrected chi connectivity index (χ3v) is 15.1. The van der Waals surface area contributed by atoms with E-state index >= 15 is 9.59 Å². The Hall–Kier alpha value is -5.29. The zero-order chi connectivity index (χ0) is 39.8. The SMILES string of the molecule is Cc1ccc(N2C(=O)[C@H]3[C@H](CC=C4[C@H]3C[C@H]3C(=O)N(c5cc(-c6sc7ccc(Cl)cc7c6C)nn5C)C(=O)[C@@]3(C)[C@H]4c3c(O)ccc4ccccc34)C2=O)cc1Cl. The minimum absolute atomic E-state index is 0.00560. The molecule has 57 heavy (non-hydrogen) atoms. The Kier molecular flexibility index (Phi) is 7.98. The maximum absolute atomic E-state index is 15.4. The van der Waals surface area contributed by atoms with Crippen LogP contribution >= 0.6 is 34.5 Å². The Labute approximate surface area is 342 Å². The lowest BCUT2D eigenvalue weighted by molar-refractivity contribution is -0.131. The van der Waals surface area contributed by atoms with Gasteiger partial charge in [0, 0.05) is 39.3 Å². The smallest absolute Gasteiger partial charge is 0.242 e. The molecule has 4 heterocycles. The number of hydrogen-bond donors (Lipinski definition) is 1. The lowest BCUT2D eigenvalue weighted by Gasteiger charge is -2.49. The van der Waals surface area contributed by atoms with E-state index in [4.69, 9.17) is 28.3 Å². The van der Waals surface area contributed by atoms with Crippen LogP contribution in [-0.2, 0) is 26.2 Å². The largest absolute Gasteiger partial charge is 0.508 e. The summed E-state index contributed by atoms with van der Waals surface area (Å²) in [6.45, 7) is 5.69. The standard InChI is InChI=1S/C45H36Cl2N4O5S/c1-21-9-12-25(18-32(21)47)50-41(53)28-14-13-27-30(37(28)43(50)55)19-31-42(54)51(36-20-33(48-49(36)4)40-22(2)29-17-24(46)11-16-35(29)57-40)44(56)45(31,3)39(27)38-26-8-6-5-7-23(26)10-15-34(38)52/h5-13,15-18,20,28,30-31,37,39,52H,14,19H2,1-4H3/t28-,30+,31-,37-,39+,45+/m0/s1. The Morgan fingerprint density at radius 2 is 1.65 bits per heavy atom. The first-order valence-electron chi connectivity index (χ1n) is 19.0. The number of halogens is 2. The Bertz CT molecular complexity index is 2840. The first kappa shape index (κ1) is 36.1. The van der Waals surface area contributed by atoms with Crippen LogP contribution in [0.1, 0.15) is 42.4 Å². The normalized spacial score (nSPS) is 25.7. The number of anilines is 2. The first-order chi connectivity index (χ1) is 27.3. The Balaban J connectivity index is 1.12. The number of carbonyl (C=O) groups is 4. The molecule has 10 rings (SSSR count). The van der Waals surface area contributed by atoms with Gasteiger partial charge in [-0.25, -0.2) is 9.80 Å². The average Bonchev–Trinajstić information content (AvgIpc) is 3.86. The fourth-order valence-corrected chi connectivity index (χ4v) is 11.8. The number of imide groups is 2. The van der Waals surface area contributed by atoms with Gasteiger partial charge in [-0.05, 0) is 103 Å². The summed E-state index contributed by atoms with van der Waals surface area (Å²) >= 11 is 14.4. The summed E-state index contributed by atoms with van der Waals surface area (Å²) in [5.74, 6) is -4.80. The van der Waals surface area contributed by atoms with E-state index < -0.39 is 46.8 Å². The molecule has 0 unspecified atom stereocenters. The van der Waals surface area contributed by atoms with Crippen LogP contribution in [0, 0.1) is 42.9 Å². The Morgan fingerprint density at radius 1 is 0.860 bits per heavy atom. The van der Waals surface area contributed by atoms with Gasteiger partial charge in [-0.15, -0.1) is 11.3 Å². The molecule has 0 radical (unpaired) electrons. The van der Waals surface area contributed by atoms with Gasteiger partial charge in [-0.3, -0.25) is 23.9 Å². The van der Waals surface area contributed by atoms with Crippen LogP contribution < -0.4 is 9.80 Å². The molecule has 4 aliphatic rings.